The Morgan fingerprint density at radius 1 is 0.895 bits per heavy atom. The molecule has 1 aromatic carbocycles. The highest BCUT2D eigenvalue weighted by Crippen LogP contribution is 2.53. The molecule has 2 nitrogen and oxygen atoms in total. The zero-order valence-corrected chi connectivity index (χ0v) is 11.2. The van der Waals surface area contributed by atoms with E-state index in [-0.39, 0.29) is 5.91 Å². The van der Waals surface area contributed by atoms with Crippen molar-refractivity contribution in [3.63, 3.8) is 0 Å². The number of carbonyl (C=O) groups excluding carboxylic acids is 1. The third kappa shape index (κ3) is 1.98. The van der Waals surface area contributed by atoms with Crippen LogP contribution < -0.4 is 5.32 Å². The van der Waals surface area contributed by atoms with Gasteiger partial charge in [0.25, 0.3) is 5.91 Å². The number of nitrogens with one attached hydrogen (secondary N) is 1. The van der Waals surface area contributed by atoms with Gasteiger partial charge in [-0.15, -0.1) is 0 Å². The van der Waals surface area contributed by atoms with Crippen LogP contribution in [0.25, 0.3) is 0 Å². The molecule has 4 bridgehead atoms. The normalized spacial score (nSPS) is 39.3. The summed E-state index contributed by atoms with van der Waals surface area (Å²) in [5.41, 5.74) is 0.802. The van der Waals surface area contributed by atoms with E-state index in [0.29, 0.717) is 6.04 Å². The Bertz CT molecular complexity index is 453. The number of rotatable bonds is 2. The first-order valence-electron chi connectivity index (χ1n) is 7.65. The third-order valence-electron chi connectivity index (χ3n) is 5.56. The highest BCUT2D eigenvalue weighted by Gasteiger charge is 2.48. The van der Waals surface area contributed by atoms with Gasteiger partial charge in [-0.25, -0.2) is 0 Å². The summed E-state index contributed by atoms with van der Waals surface area (Å²) in [6, 6.07) is 10.1. The van der Waals surface area contributed by atoms with E-state index in [4.69, 9.17) is 0 Å². The lowest BCUT2D eigenvalue weighted by Gasteiger charge is -2.54. The first kappa shape index (κ1) is 11.5. The SMILES string of the molecule is O=C(NC1C2CC3CC(C2)CC1C3)c1ccccc1. The lowest BCUT2D eigenvalue weighted by atomic mass is 9.54. The number of hydrogen-bond acceptors (Lipinski definition) is 1. The smallest absolute Gasteiger partial charge is 0.251 e. The fraction of sp³-hybridized carbons (Fsp3) is 0.588. The molecule has 100 valence electrons. The second-order valence-electron chi connectivity index (χ2n) is 6.80. The molecule has 5 rings (SSSR count). The predicted molar refractivity (Wildman–Crippen MR) is 74.7 cm³/mol. The van der Waals surface area contributed by atoms with Crippen LogP contribution in [0.2, 0.25) is 0 Å². The molecule has 1 N–H and O–H groups in total. The van der Waals surface area contributed by atoms with E-state index < -0.39 is 0 Å². The van der Waals surface area contributed by atoms with Crippen LogP contribution in [0.5, 0.6) is 0 Å². The van der Waals surface area contributed by atoms with Crippen molar-refractivity contribution >= 4 is 5.91 Å². The molecule has 0 aliphatic heterocycles. The van der Waals surface area contributed by atoms with Gasteiger partial charge in [0, 0.05) is 11.6 Å². The zero-order chi connectivity index (χ0) is 12.8. The van der Waals surface area contributed by atoms with E-state index in [9.17, 15) is 4.79 Å². The van der Waals surface area contributed by atoms with Crippen molar-refractivity contribution in [2.45, 2.75) is 38.1 Å². The highest BCUT2D eigenvalue weighted by atomic mass is 16.1. The van der Waals surface area contributed by atoms with E-state index >= 15 is 0 Å². The minimum absolute atomic E-state index is 0.123. The van der Waals surface area contributed by atoms with Crippen molar-refractivity contribution in [1.82, 2.24) is 5.32 Å². The minimum Gasteiger partial charge on any atom is -0.349 e. The lowest BCUT2D eigenvalue weighted by molar-refractivity contribution is -0.0119. The zero-order valence-electron chi connectivity index (χ0n) is 11.2. The van der Waals surface area contributed by atoms with E-state index in [1.807, 2.05) is 30.3 Å². The molecule has 0 heterocycles. The number of benzene rings is 1. The number of hydrogen-bond donors (Lipinski definition) is 1. The fourth-order valence-electron chi connectivity index (χ4n) is 4.99. The molecule has 0 radical (unpaired) electrons. The maximum Gasteiger partial charge on any atom is 0.251 e. The Balaban J connectivity index is 1.50. The fourth-order valence-corrected chi connectivity index (χ4v) is 4.99. The maximum atomic E-state index is 12.3. The average Bonchev–Trinajstić information content (AvgIpc) is 2.43. The first-order chi connectivity index (χ1) is 9.29. The molecule has 4 fully saturated rings. The Labute approximate surface area is 114 Å². The second kappa shape index (κ2) is 4.36. The summed E-state index contributed by atoms with van der Waals surface area (Å²) < 4.78 is 0. The van der Waals surface area contributed by atoms with Gasteiger partial charge in [-0.2, -0.15) is 0 Å². The Kier molecular flexibility index (Phi) is 2.64. The molecule has 19 heavy (non-hydrogen) atoms. The summed E-state index contributed by atoms with van der Waals surface area (Å²) in [5.74, 6) is 3.56. The summed E-state index contributed by atoms with van der Waals surface area (Å²) in [5, 5.41) is 3.34. The summed E-state index contributed by atoms with van der Waals surface area (Å²) in [7, 11) is 0. The molecular formula is C17H21NO. The number of amides is 1. The van der Waals surface area contributed by atoms with Crippen molar-refractivity contribution in [3.05, 3.63) is 35.9 Å². The second-order valence-corrected chi connectivity index (χ2v) is 6.80. The molecule has 2 heteroatoms. The van der Waals surface area contributed by atoms with Crippen LogP contribution in [-0.2, 0) is 0 Å². The van der Waals surface area contributed by atoms with Gasteiger partial charge in [-0.3, -0.25) is 4.79 Å². The number of carbonyl (C=O) groups is 1. The van der Waals surface area contributed by atoms with Gasteiger partial charge < -0.3 is 5.32 Å². The van der Waals surface area contributed by atoms with Gasteiger partial charge in [-0.1, -0.05) is 18.2 Å². The van der Waals surface area contributed by atoms with Crippen LogP contribution in [0.4, 0.5) is 0 Å². The molecule has 0 atom stereocenters. The van der Waals surface area contributed by atoms with E-state index in [1.54, 1.807) is 0 Å². The molecule has 1 aromatic rings. The predicted octanol–water partition coefficient (Wildman–Crippen LogP) is 3.24. The van der Waals surface area contributed by atoms with Gasteiger partial charge >= 0.3 is 0 Å². The standard InChI is InChI=1S/C17H21NO/c19-17(13-4-2-1-3-5-13)18-16-14-7-11-6-12(9-14)10-15(16)8-11/h1-5,11-12,14-16H,6-10H2,(H,18,19). The van der Waals surface area contributed by atoms with Crippen LogP contribution in [-0.4, -0.2) is 11.9 Å². The molecule has 4 aliphatic carbocycles. The van der Waals surface area contributed by atoms with Crippen LogP contribution in [0.15, 0.2) is 30.3 Å². The molecule has 0 spiro atoms. The van der Waals surface area contributed by atoms with Crippen molar-refractivity contribution < 1.29 is 4.79 Å². The summed E-state index contributed by atoms with van der Waals surface area (Å²) in [4.78, 5) is 12.3. The minimum atomic E-state index is 0.123. The third-order valence-corrected chi connectivity index (χ3v) is 5.56. The lowest BCUT2D eigenvalue weighted by Crippen LogP contribution is -2.55. The summed E-state index contributed by atoms with van der Waals surface area (Å²) in [6.07, 6.45) is 6.88. The quantitative estimate of drug-likeness (QED) is 0.863. The van der Waals surface area contributed by atoms with E-state index in [0.717, 1.165) is 29.2 Å². The monoisotopic (exact) mass is 255 g/mol. The van der Waals surface area contributed by atoms with Crippen LogP contribution in [0.3, 0.4) is 0 Å². The van der Waals surface area contributed by atoms with Crippen LogP contribution >= 0.6 is 0 Å². The van der Waals surface area contributed by atoms with Crippen molar-refractivity contribution in [2.24, 2.45) is 23.7 Å². The molecule has 4 aliphatic rings. The average molecular weight is 255 g/mol. The molecule has 1 amide bonds. The highest BCUT2D eigenvalue weighted by molar-refractivity contribution is 5.94. The topological polar surface area (TPSA) is 29.1 Å². The Morgan fingerprint density at radius 3 is 2.05 bits per heavy atom. The molecular weight excluding hydrogens is 234 g/mol. The van der Waals surface area contributed by atoms with Gasteiger partial charge in [0.2, 0.25) is 0 Å². The Hall–Kier alpha value is -1.31. The maximum absolute atomic E-state index is 12.3. The van der Waals surface area contributed by atoms with E-state index in [2.05, 4.69) is 5.32 Å². The summed E-state index contributed by atoms with van der Waals surface area (Å²) >= 11 is 0. The summed E-state index contributed by atoms with van der Waals surface area (Å²) in [6.45, 7) is 0. The molecule has 0 aromatic heterocycles. The van der Waals surface area contributed by atoms with Crippen LogP contribution in [0, 0.1) is 23.7 Å². The Morgan fingerprint density at radius 2 is 1.47 bits per heavy atom. The van der Waals surface area contributed by atoms with E-state index in [1.165, 1.54) is 32.1 Å². The van der Waals surface area contributed by atoms with Crippen molar-refractivity contribution in [1.29, 1.82) is 0 Å². The first-order valence-corrected chi connectivity index (χ1v) is 7.65. The van der Waals surface area contributed by atoms with Crippen molar-refractivity contribution in [2.75, 3.05) is 0 Å². The van der Waals surface area contributed by atoms with Gasteiger partial charge in [0.15, 0.2) is 0 Å². The molecule has 0 unspecified atom stereocenters. The molecule has 0 saturated heterocycles. The van der Waals surface area contributed by atoms with Crippen molar-refractivity contribution in [3.8, 4) is 0 Å². The van der Waals surface area contributed by atoms with Gasteiger partial charge in [0.1, 0.15) is 0 Å². The van der Waals surface area contributed by atoms with Gasteiger partial charge in [-0.05, 0) is 67.9 Å². The van der Waals surface area contributed by atoms with Crippen LogP contribution in [0.1, 0.15) is 42.5 Å². The molecule has 4 saturated carbocycles. The van der Waals surface area contributed by atoms with Gasteiger partial charge in [0.05, 0.1) is 0 Å². The largest absolute Gasteiger partial charge is 0.349 e.